The molecule has 3 rings (SSSR count). The second kappa shape index (κ2) is 7.10. The lowest BCUT2D eigenvalue weighted by Gasteiger charge is -2.24. The van der Waals surface area contributed by atoms with Crippen molar-refractivity contribution in [2.45, 2.75) is 26.0 Å². The Morgan fingerprint density at radius 1 is 1.48 bits per heavy atom. The van der Waals surface area contributed by atoms with E-state index in [4.69, 9.17) is 4.74 Å². The molecule has 2 aromatic rings. The van der Waals surface area contributed by atoms with Crippen LogP contribution in [0.25, 0.3) is 0 Å². The van der Waals surface area contributed by atoms with Crippen LogP contribution in [-0.4, -0.2) is 37.1 Å². The number of hydrogen-bond donors (Lipinski definition) is 1. The van der Waals surface area contributed by atoms with E-state index in [1.54, 1.807) is 12.5 Å². The zero-order valence-electron chi connectivity index (χ0n) is 13.4. The van der Waals surface area contributed by atoms with Gasteiger partial charge in [-0.05, 0) is 25.0 Å². The van der Waals surface area contributed by atoms with E-state index in [0.29, 0.717) is 24.9 Å². The number of rotatable bonds is 6. The molecule has 0 radical (unpaired) electrons. The van der Waals surface area contributed by atoms with Crippen LogP contribution in [0.1, 0.15) is 28.0 Å². The van der Waals surface area contributed by atoms with E-state index in [2.05, 4.69) is 46.4 Å². The Labute approximate surface area is 140 Å². The number of amides is 1. The number of benzene rings is 1. The molecule has 0 spiro atoms. The zero-order chi connectivity index (χ0) is 16.2. The number of nitrogens with one attached hydrogen (secondary N) is 1. The first-order chi connectivity index (χ1) is 11.2. The Hall–Kier alpha value is -1.92. The van der Waals surface area contributed by atoms with E-state index in [-0.39, 0.29) is 5.91 Å². The molecule has 1 aliphatic rings. The number of carbonyl (C=O) groups excluding carboxylic acids is 1. The normalized spacial score (nSPS) is 16.4. The largest absolute Gasteiger partial charge is 0.378 e. The van der Waals surface area contributed by atoms with E-state index in [1.165, 1.54) is 22.6 Å². The molecule has 2 heterocycles. The summed E-state index contributed by atoms with van der Waals surface area (Å²) in [5.41, 5.74) is 3.14. The summed E-state index contributed by atoms with van der Waals surface area (Å²) in [6.45, 7) is 4.08. The first-order valence-corrected chi connectivity index (χ1v) is 8.63. The lowest BCUT2D eigenvalue weighted by molar-refractivity contribution is 0.0949. The smallest absolute Gasteiger partial charge is 0.270 e. The van der Waals surface area contributed by atoms with Crippen LogP contribution in [0.3, 0.4) is 0 Å². The predicted molar refractivity (Wildman–Crippen MR) is 92.1 cm³/mol. The second-order valence-corrected chi connectivity index (χ2v) is 6.63. The van der Waals surface area contributed by atoms with Gasteiger partial charge in [-0.25, -0.2) is 4.98 Å². The minimum absolute atomic E-state index is 0.122. The molecule has 1 atom stereocenters. The van der Waals surface area contributed by atoms with Crippen molar-refractivity contribution in [1.82, 2.24) is 10.3 Å². The molecule has 0 fully saturated rings. The highest BCUT2D eigenvalue weighted by molar-refractivity contribution is 7.09. The summed E-state index contributed by atoms with van der Waals surface area (Å²) >= 11 is 1.44. The van der Waals surface area contributed by atoms with Gasteiger partial charge in [0.2, 0.25) is 0 Å². The summed E-state index contributed by atoms with van der Waals surface area (Å²) in [4.78, 5) is 18.8. The topological polar surface area (TPSA) is 54.5 Å². The third-order valence-electron chi connectivity index (χ3n) is 4.04. The van der Waals surface area contributed by atoms with Crippen LogP contribution in [0.5, 0.6) is 0 Å². The van der Waals surface area contributed by atoms with Gasteiger partial charge < -0.3 is 15.0 Å². The van der Waals surface area contributed by atoms with Crippen LogP contribution in [0.15, 0.2) is 29.6 Å². The quantitative estimate of drug-likeness (QED) is 0.883. The Morgan fingerprint density at radius 2 is 2.30 bits per heavy atom. The Kier molecular flexibility index (Phi) is 4.93. The van der Waals surface area contributed by atoms with Gasteiger partial charge in [0, 0.05) is 37.3 Å². The summed E-state index contributed by atoms with van der Waals surface area (Å²) in [6.07, 6.45) is 1.07. The second-order valence-electron chi connectivity index (χ2n) is 5.69. The summed E-state index contributed by atoms with van der Waals surface area (Å²) in [5, 5.41) is 5.55. The molecule has 1 aliphatic heterocycles. The molecule has 0 aliphatic carbocycles. The van der Waals surface area contributed by atoms with Crippen molar-refractivity contribution in [2.75, 3.05) is 25.1 Å². The maximum Gasteiger partial charge on any atom is 0.270 e. The van der Waals surface area contributed by atoms with Gasteiger partial charge in [0.05, 0.1) is 6.61 Å². The van der Waals surface area contributed by atoms with Gasteiger partial charge in [-0.1, -0.05) is 18.2 Å². The van der Waals surface area contributed by atoms with Gasteiger partial charge >= 0.3 is 0 Å². The van der Waals surface area contributed by atoms with Crippen LogP contribution < -0.4 is 10.2 Å². The molecule has 5 nitrogen and oxygen atoms in total. The number of carbonyl (C=O) groups is 1. The minimum Gasteiger partial charge on any atom is -0.378 e. The molecule has 1 unspecified atom stereocenters. The highest BCUT2D eigenvalue weighted by atomic mass is 32.1. The van der Waals surface area contributed by atoms with E-state index < -0.39 is 0 Å². The molecule has 0 bridgehead atoms. The molecule has 1 amide bonds. The van der Waals surface area contributed by atoms with E-state index in [1.807, 2.05) is 0 Å². The van der Waals surface area contributed by atoms with Crippen LogP contribution in [0.2, 0.25) is 0 Å². The number of anilines is 1. The lowest BCUT2D eigenvalue weighted by atomic mass is 10.1. The number of ether oxygens (including phenoxy) is 1. The van der Waals surface area contributed by atoms with E-state index >= 15 is 0 Å². The van der Waals surface area contributed by atoms with Crippen LogP contribution in [0, 0.1) is 0 Å². The van der Waals surface area contributed by atoms with E-state index in [9.17, 15) is 4.79 Å². The third kappa shape index (κ3) is 3.54. The van der Waals surface area contributed by atoms with Crippen molar-refractivity contribution in [3.05, 3.63) is 45.9 Å². The molecular weight excluding hydrogens is 310 g/mol. The van der Waals surface area contributed by atoms with Crippen molar-refractivity contribution in [1.29, 1.82) is 0 Å². The molecule has 0 saturated carbocycles. The standard InChI is InChI=1S/C17H21N3O2S/c1-12-9-13-5-3-4-6-15(13)20(12)8-7-18-17(21)14-11-23-16(19-14)10-22-2/h3-6,11-12H,7-10H2,1-2H3,(H,18,21). The zero-order valence-corrected chi connectivity index (χ0v) is 14.2. The number of fused-ring (bicyclic) bond motifs is 1. The van der Waals surface area contributed by atoms with Crippen molar-refractivity contribution >= 4 is 22.9 Å². The van der Waals surface area contributed by atoms with Gasteiger partial charge in [0.1, 0.15) is 10.7 Å². The Balaban J connectivity index is 1.54. The van der Waals surface area contributed by atoms with Gasteiger partial charge in [0.25, 0.3) is 5.91 Å². The van der Waals surface area contributed by atoms with Gasteiger partial charge in [-0.3, -0.25) is 4.79 Å². The number of aromatic nitrogens is 1. The number of nitrogens with zero attached hydrogens (tertiary/aromatic N) is 2. The maximum absolute atomic E-state index is 12.1. The number of para-hydroxylation sites is 1. The Morgan fingerprint density at radius 3 is 3.13 bits per heavy atom. The molecule has 122 valence electrons. The van der Waals surface area contributed by atoms with Crippen LogP contribution >= 0.6 is 11.3 Å². The fourth-order valence-electron chi connectivity index (χ4n) is 2.96. The van der Waals surface area contributed by atoms with Crippen molar-refractivity contribution in [3.63, 3.8) is 0 Å². The summed E-state index contributed by atoms with van der Waals surface area (Å²) < 4.78 is 5.02. The van der Waals surface area contributed by atoms with Gasteiger partial charge in [-0.15, -0.1) is 11.3 Å². The lowest BCUT2D eigenvalue weighted by Crippen LogP contribution is -2.38. The predicted octanol–water partition coefficient (Wildman–Crippen LogP) is 2.47. The maximum atomic E-state index is 12.1. The van der Waals surface area contributed by atoms with E-state index in [0.717, 1.165) is 18.0 Å². The molecule has 1 N–H and O–H groups in total. The van der Waals surface area contributed by atoms with Crippen molar-refractivity contribution < 1.29 is 9.53 Å². The molecule has 1 aromatic carbocycles. The fraction of sp³-hybridized carbons (Fsp3) is 0.412. The average Bonchev–Trinajstić information content (AvgIpc) is 3.13. The average molecular weight is 331 g/mol. The van der Waals surface area contributed by atoms with Crippen LogP contribution in [0.4, 0.5) is 5.69 Å². The number of hydrogen-bond acceptors (Lipinski definition) is 5. The Bertz CT molecular complexity index is 686. The first-order valence-electron chi connectivity index (χ1n) is 7.75. The number of thiazole rings is 1. The highest BCUT2D eigenvalue weighted by Gasteiger charge is 2.25. The van der Waals surface area contributed by atoms with Gasteiger partial charge in [0.15, 0.2) is 0 Å². The van der Waals surface area contributed by atoms with Crippen molar-refractivity contribution in [2.24, 2.45) is 0 Å². The molecule has 6 heteroatoms. The highest BCUT2D eigenvalue weighted by Crippen LogP contribution is 2.31. The van der Waals surface area contributed by atoms with Crippen molar-refractivity contribution in [3.8, 4) is 0 Å². The van der Waals surface area contributed by atoms with Gasteiger partial charge in [-0.2, -0.15) is 0 Å². The first kappa shape index (κ1) is 16.0. The molecular formula is C17H21N3O2S. The number of methoxy groups -OCH3 is 1. The fourth-order valence-corrected chi connectivity index (χ4v) is 3.70. The molecule has 23 heavy (non-hydrogen) atoms. The monoisotopic (exact) mass is 331 g/mol. The summed E-state index contributed by atoms with van der Waals surface area (Å²) in [6, 6.07) is 8.94. The third-order valence-corrected chi connectivity index (χ3v) is 4.86. The van der Waals surface area contributed by atoms with Crippen LogP contribution in [-0.2, 0) is 17.8 Å². The SMILES string of the molecule is COCc1nc(C(=O)NCCN2c3ccccc3CC2C)cs1. The molecule has 1 aromatic heterocycles. The molecule has 0 saturated heterocycles. The summed E-state index contributed by atoms with van der Waals surface area (Å²) in [5.74, 6) is -0.122. The summed E-state index contributed by atoms with van der Waals surface area (Å²) in [7, 11) is 1.62. The minimum atomic E-state index is -0.122.